The van der Waals surface area contributed by atoms with Crippen molar-refractivity contribution in [3.05, 3.63) is 70.9 Å². The molecule has 40 heavy (non-hydrogen) atoms. The molecule has 212 valence electrons. The fraction of sp³-hybridized carbons (Fsp3) is 0.433. The van der Waals surface area contributed by atoms with E-state index in [2.05, 4.69) is 20.9 Å². The number of anilines is 1. The normalized spacial score (nSPS) is 23.4. The van der Waals surface area contributed by atoms with Crippen molar-refractivity contribution in [2.24, 2.45) is 5.92 Å². The number of benzene rings is 2. The summed E-state index contributed by atoms with van der Waals surface area (Å²) >= 11 is 6.12. The number of rotatable bonds is 6. The van der Waals surface area contributed by atoms with Crippen LogP contribution < -0.4 is 16.0 Å². The number of nitrogens with zero attached hydrogens (tertiary/aromatic N) is 1. The summed E-state index contributed by atoms with van der Waals surface area (Å²) in [5.41, 5.74) is 0.201. The van der Waals surface area contributed by atoms with Crippen LogP contribution in [0.2, 0.25) is 5.02 Å². The quantitative estimate of drug-likeness (QED) is 0.306. The molecule has 6 nitrogen and oxygen atoms in total. The van der Waals surface area contributed by atoms with Gasteiger partial charge < -0.3 is 16.0 Å². The van der Waals surface area contributed by atoms with E-state index >= 15 is 0 Å². The lowest BCUT2D eigenvalue weighted by Gasteiger charge is -2.35. The zero-order valence-corrected chi connectivity index (χ0v) is 22.7. The fourth-order valence-electron chi connectivity index (χ4n) is 5.83. The fourth-order valence-corrected chi connectivity index (χ4v) is 6.00. The highest BCUT2D eigenvalue weighted by Gasteiger charge is 2.35. The smallest absolute Gasteiger partial charge is 0.382 e. The van der Waals surface area contributed by atoms with E-state index in [1.54, 1.807) is 18.2 Å². The third-order valence-electron chi connectivity index (χ3n) is 7.95. The number of hydrogen-bond donors (Lipinski definition) is 3. The number of nitrogens with one attached hydrogen (secondary N) is 3. The van der Waals surface area contributed by atoms with Crippen molar-refractivity contribution in [1.82, 2.24) is 15.6 Å². The molecule has 2 aromatic carbocycles. The Labute approximate surface area is 236 Å². The van der Waals surface area contributed by atoms with Crippen LogP contribution >= 0.6 is 11.6 Å². The molecular weight excluding hydrogens is 541 g/mol. The Balaban J connectivity index is 1.19. The number of carbonyl (C=O) groups excluding carboxylic acids is 2. The number of fused-ring (bicyclic) bond motifs is 1. The predicted octanol–water partition coefficient (Wildman–Crippen LogP) is 6.74. The lowest BCUT2D eigenvalue weighted by molar-refractivity contribution is -0.140. The number of carbonyl (C=O) groups is 2. The van der Waals surface area contributed by atoms with Gasteiger partial charge >= 0.3 is 6.18 Å². The molecule has 2 aliphatic carbocycles. The molecule has 3 N–H and O–H groups in total. The van der Waals surface area contributed by atoms with Gasteiger partial charge in [-0.05, 0) is 74.9 Å². The van der Waals surface area contributed by atoms with E-state index in [4.69, 9.17) is 11.6 Å². The lowest BCUT2D eigenvalue weighted by Crippen LogP contribution is -2.51. The Kier molecular flexibility index (Phi) is 8.49. The van der Waals surface area contributed by atoms with Gasteiger partial charge in [0.2, 0.25) is 5.91 Å². The van der Waals surface area contributed by atoms with E-state index in [0.717, 1.165) is 31.7 Å². The van der Waals surface area contributed by atoms with Crippen molar-refractivity contribution >= 4 is 40.0 Å². The van der Waals surface area contributed by atoms with Crippen molar-refractivity contribution < 1.29 is 22.8 Å². The minimum atomic E-state index is -4.57. The van der Waals surface area contributed by atoms with Crippen molar-refractivity contribution in [3.63, 3.8) is 0 Å². The summed E-state index contributed by atoms with van der Waals surface area (Å²) in [6.45, 7) is 0. The van der Waals surface area contributed by atoms with Crippen LogP contribution in [0.5, 0.6) is 0 Å². The van der Waals surface area contributed by atoms with E-state index in [1.807, 2.05) is 18.2 Å². The van der Waals surface area contributed by atoms with Gasteiger partial charge in [-0.25, -0.2) is 4.98 Å². The third kappa shape index (κ3) is 6.69. The standard InChI is InChI=1S/C30H32ClF3N4O2/c31-19-10-15-25-23(16-19)26(17-27(37-25)30(32,33)34)35-20-11-13-21(14-12-20)36-29(40)22-8-4-5-9-24(22)38-28(39)18-6-2-1-3-7-18/h1-3,6-7,10,15-17,20-22,24H,4-5,8-9,11-14H2,(H,35,37)(H,36,40)(H,38,39)/t20?,21?,22-,24+/m0/s1. The van der Waals surface area contributed by atoms with Crippen molar-refractivity contribution in [1.29, 1.82) is 0 Å². The Morgan fingerprint density at radius 3 is 2.27 bits per heavy atom. The topological polar surface area (TPSA) is 83.1 Å². The first-order chi connectivity index (χ1) is 19.2. The van der Waals surface area contributed by atoms with Gasteiger partial charge in [0.1, 0.15) is 5.69 Å². The van der Waals surface area contributed by atoms with Gasteiger partial charge in [-0.2, -0.15) is 13.2 Å². The van der Waals surface area contributed by atoms with Crippen molar-refractivity contribution in [2.45, 2.75) is 75.7 Å². The molecule has 0 radical (unpaired) electrons. The van der Waals surface area contributed by atoms with Crippen LogP contribution in [0.3, 0.4) is 0 Å². The van der Waals surface area contributed by atoms with Crippen molar-refractivity contribution in [2.75, 3.05) is 5.32 Å². The van der Waals surface area contributed by atoms with Crippen molar-refractivity contribution in [3.8, 4) is 0 Å². The molecule has 2 fully saturated rings. The summed E-state index contributed by atoms with van der Waals surface area (Å²) in [7, 11) is 0. The minimum Gasteiger partial charge on any atom is -0.382 e. The van der Waals surface area contributed by atoms with Crippen LogP contribution in [0.15, 0.2) is 54.6 Å². The number of pyridine rings is 1. The van der Waals surface area contributed by atoms with Gasteiger partial charge in [0.25, 0.3) is 5.91 Å². The molecule has 5 rings (SSSR count). The highest BCUT2D eigenvalue weighted by molar-refractivity contribution is 6.31. The van der Waals surface area contributed by atoms with E-state index < -0.39 is 11.9 Å². The van der Waals surface area contributed by atoms with Crippen LogP contribution in [0.4, 0.5) is 18.9 Å². The van der Waals surface area contributed by atoms with E-state index in [-0.39, 0.29) is 41.4 Å². The molecule has 2 atom stereocenters. The van der Waals surface area contributed by atoms with Gasteiger partial charge in [-0.15, -0.1) is 0 Å². The molecule has 0 saturated heterocycles. The molecule has 2 amide bonds. The number of hydrogen-bond acceptors (Lipinski definition) is 4. The number of halogens is 4. The van der Waals surface area contributed by atoms with Crippen LogP contribution in [-0.4, -0.2) is 34.9 Å². The van der Waals surface area contributed by atoms with E-state index in [9.17, 15) is 22.8 Å². The molecule has 0 spiro atoms. The monoisotopic (exact) mass is 572 g/mol. The maximum atomic E-state index is 13.5. The Bertz CT molecular complexity index is 1360. The summed E-state index contributed by atoms with van der Waals surface area (Å²) in [4.78, 5) is 29.8. The zero-order valence-electron chi connectivity index (χ0n) is 21.9. The largest absolute Gasteiger partial charge is 0.433 e. The predicted molar refractivity (Wildman–Crippen MR) is 149 cm³/mol. The average Bonchev–Trinajstić information content (AvgIpc) is 2.94. The number of alkyl halides is 3. The molecule has 0 aliphatic heterocycles. The van der Waals surface area contributed by atoms with Crippen LogP contribution in [0.1, 0.15) is 67.4 Å². The Morgan fingerprint density at radius 2 is 1.55 bits per heavy atom. The molecule has 0 bridgehead atoms. The molecular formula is C30H32ClF3N4O2. The summed E-state index contributed by atoms with van der Waals surface area (Å²) in [5.74, 6) is -0.500. The second-order valence-electron chi connectivity index (χ2n) is 10.8. The summed E-state index contributed by atoms with van der Waals surface area (Å²) in [5, 5.41) is 10.5. The van der Waals surface area contributed by atoms with Crippen LogP contribution in [0.25, 0.3) is 10.9 Å². The minimum absolute atomic E-state index is 0.0210. The molecule has 1 aromatic heterocycles. The highest BCUT2D eigenvalue weighted by Crippen LogP contribution is 2.35. The molecule has 1 heterocycles. The van der Waals surface area contributed by atoms with Gasteiger partial charge in [0, 0.05) is 39.8 Å². The Morgan fingerprint density at radius 1 is 0.850 bits per heavy atom. The molecule has 0 unspecified atom stereocenters. The van der Waals surface area contributed by atoms with E-state index in [0.29, 0.717) is 47.3 Å². The molecule has 2 aliphatic rings. The number of aromatic nitrogens is 1. The first-order valence-corrected chi connectivity index (χ1v) is 14.2. The first-order valence-electron chi connectivity index (χ1n) is 13.8. The maximum Gasteiger partial charge on any atom is 0.433 e. The summed E-state index contributed by atoms with van der Waals surface area (Å²) < 4.78 is 40.5. The van der Waals surface area contributed by atoms with Gasteiger partial charge in [0.15, 0.2) is 0 Å². The lowest BCUT2D eigenvalue weighted by atomic mass is 9.83. The average molecular weight is 573 g/mol. The van der Waals surface area contributed by atoms with Gasteiger partial charge in [-0.3, -0.25) is 9.59 Å². The van der Waals surface area contributed by atoms with Crippen LogP contribution in [0, 0.1) is 5.92 Å². The van der Waals surface area contributed by atoms with Gasteiger partial charge in [-0.1, -0.05) is 42.6 Å². The zero-order chi connectivity index (χ0) is 28.3. The van der Waals surface area contributed by atoms with Crippen LogP contribution in [-0.2, 0) is 11.0 Å². The van der Waals surface area contributed by atoms with E-state index in [1.165, 1.54) is 12.1 Å². The highest BCUT2D eigenvalue weighted by atomic mass is 35.5. The second kappa shape index (κ2) is 12.0. The summed E-state index contributed by atoms with van der Waals surface area (Å²) in [6.07, 6.45) is 1.61. The van der Waals surface area contributed by atoms with Gasteiger partial charge in [0.05, 0.1) is 11.4 Å². The number of amides is 2. The molecule has 2 saturated carbocycles. The second-order valence-corrected chi connectivity index (χ2v) is 11.2. The third-order valence-corrected chi connectivity index (χ3v) is 8.18. The maximum absolute atomic E-state index is 13.5. The first kappa shape index (κ1) is 28.2. The SMILES string of the molecule is O=C(N[C@@H]1CCCC[C@@H]1C(=O)NC1CCC(Nc2cc(C(F)(F)F)nc3ccc(Cl)cc23)CC1)c1ccccc1. The molecule has 3 aromatic rings. The Hall–Kier alpha value is -3.33. The molecule has 10 heteroatoms. The summed E-state index contributed by atoms with van der Waals surface area (Å²) in [6, 6.07) is 14.4.